The molecule has 5 nitrogen and oxygen atoms in total. The molecule has 2 aromatic heterocycles. The Morgan fingerprint density at radius 3 is 2.62 bits per heavy atom. The number of amides is 1. The van der Waals surface area contributed by atoms with E-state index in [0.717, 1.165) is 32.7 Å². The Morgan fingerprint density at radius 2 is 1.86 bits per heavy atom. The van der Waals surface area contributed by atoms with Gasteiger partial charge in [-0.25, -0.2) is 4.39 Å². The molecule has 0 aliphatic carbocycles. The van der Waals surface area contributed by atoms with Crippen molar-refractivity contribution in [2.45, 2.75) is 19.4 Å². The molecule has 1 aliphatic heterocycles. The zero-order valence-corrected chi connectivity index (χ0v) is 16.3. The minimum Gasteiger partial charge on any atom is -0.461 e. The molecule has 3 aromatic rings. The average Bonchev–Trinajstić information content (AvgIpc) is 3.22. The molecular formula is C23H24FN3O2. The molecule has 1 aromatic carbocycles. The van der Waals surface area contributed by atoms with E-state index >= 15 is 0 Å². The number of nitrogens with zero attached hydrogens (tertiary/aromatic N) is 3. The predicted octanol–water partition coefficient (Wildman–Crippen LogP) is 3.76. The molecule has 0 radical (unpaired) electrons. The van der Waals surface area contributed by atoms with E-state index in [1.54, 1.807) is 30.5 Å². The molecule has 3 heterocycles. The predicted molar refractivity (Wildman–Crippen MR) is 109 cm³/mol. The van der Waals surface area contributed by atoms with Gasteiger partial charge in [0.1, 0.15) is 17.3 Å². The van der Waals surface area contributed by atoms with Gasteiger partial charge in [0.05, 0.1) is 5.56 Å². The number of hydrogen-bond donors (Lipinski definition) is 0. The van der Waals surface area contributed by atoms with Crippen molar-refractivity contribution in [1.82, 2.24) is 14.8 Å². The molecule has 0 unspecified atom stereocenters. The quantitative estimate of drug-likeness (QED) is 0.640. The molecule has 0 atom stereocenters. The molecule has 0 N–H and O–H groups in total. The summed E-state index contributed by atoms with van der Waals surface area (Å²) in [6.07, 6.45) is 4.57. The van der Waals surface area contributed by atoms with Crippen molar-refractivity contribution in [3.63, 3.8) is 0 Å². The second-order valence-electron chi connectivity index (χ2n) is 7.26. The number of pyridine rings is 1. The Labute approximate surface area is 169 Å². The van der Waals surface area contributed by atoms with Crippen molar-refractivity contribution in [2.24, 2.45) is 0 Å². The summed E-state index contributed by atoms with van der Waals surface area (Å²) >= 11 is 0. The van der Waals surface area contributed by atoms with Crippen LogP contribution in [0.3, 0.4) is 0 Å². The van der Waals surface area contributed by atoms with Gasteiger partial charge in [0.15, 0.2) is 0 Å². The van der Waals surface area contributed by atoms with Crippen LogP contribution in [-0.4, -0.2) is 46.9 Å². The maximum absolute atomic E-state index is 13.9. The zero-order valence-electron chi connectivity index (χ0n) is 16.3. The number of furan rings is 1. The molecule has 0 saturated carbocycles. The zero-order chi connectivity index (χ0) is 20.1. The summed E-state index contributed by atoms with van der Waals surface area (Å²) in [5.41, 5.74) is 1.63. The fourth-order valence-corrected chi connectivity index (χ4v) is 3.61. The molecular weight excluding hydrogens is 369 g/mol. The van der Waals surface area contributed by atoms with E-state index in [0.29, 0.717) is 29.9 Å². The van der Waals surface area contributed by atoms with Crippen LogP contribution >= 0.6 is 0 Å². The third-order valence-electron chi connectivity index (χ3n) is 5.24. The van der Waals surface area contributed by atoms with Crippen LogP contribution in [0.1, 0.15) is 17.7 Å². The van der Waals surface area contributed by atoms with Gasteiger partial charge >= 0.3 is 0 Å². The van der Waals surface area contributed by atoms with Crippen molar-refractivity contribution in [1.29, 1.82) is 0 Å². The Morgan fingerprint density at radius 1 is 1.03 bits per heavy atom. The van der Waals surface area contributed by atoms with Gasteiger partial charge < -0.3 is 9.32 Å². The molecule has 1 fully saturated rings. The lowest BCUT2D eigenvalue weighted by molar-refractivity contribution is -0.133. The number of carbonyl (C=O) groups excluding carboxylic acids is 1. The molecule has 150 valence electrons. The monoisotopic (exact) mass is 393 g/mol. The SMILES string of the molecule is O=C(CCc1ccc(-c2ccccc2F)o1)N1CCN(Cc2cccnc2)CC1. The molecule has 1 amide bonds. The molecule has 1 saturated heterocycles. The molecule has 1 aliphatic rings. The fraction of sp³-hybridized carbons (Fsp3) is 0.304. The second-order valence-corrected chi connectivity index (χ2v) is 7.26. The van der Waals surface area contributed by atoms with Gasteiger partial charge in [-0.1, -0.05) is 18.2 Å². The van der Waals surface area contributed by atoms with Crippen molar-refractivity contribution in [3.05, 3.63) is 78.1 Å². The maximum Gasteiger partial charge on any atom is 0.223 e. The Balaban J connectivity index is 1.25. The highest BCUT2D eigenvalue weighted by Crippen LogP contribution is 2.25. The lowest BCUT2D eigenvalue weighted by Gasteiger charge is -2.34. The highest BCUT2D eigenvalue weighted by molar-refractivity contribution is 5.76. The third kappa shape index (κ3) is 4.90. The van der Waals surface area contributed by atoms with E-state index in [2.05, 4.69) is 16.0 Å². The Kier molecular flexibility index (Phi) is 6.00. The second kappa shape index (κ2) is 9.01. The first-order valence-corrected chi connectivity index (χ1v) is 9.92. The lowest BCUT2D eigenvalue weighted by Crippen LogP contribution is -2.48. The van der Waals surface area contributed by atoms with Gasteiger partial charge in [-0.3, -0.25) is 14.7 Å². The summed E-state index contributed by atoms with van der Waals surface area (Å²) in [7, 11) is 0. The number of halogens is 1. The van der Waals surface area contributed by atoms with E-state index in [4.69, 9.17) is 4.42 Å². The maximum atomic E-state index is 13.9. The summed E-state index contributed by atoms with van der Waals surface area (Å²) in [5.74, 6) is 1.02. The number of rotatable bonds is 6. The van der Waals surface area contributed by atoms with Crippen molar-refractivity contribution in [3.8, 4) is 11.3 Å². The molecule has 6 heteroatoms. The first-order chi connectivity index (χ1) is 14.2. The number of aryl methyl sites for hydroxylation is 1. The smallest absolute Gasteiger partial charge is 0.223 e. The summed E-state index contributed by atoms with van der Waals surface area (Å²) in [6, 6.07) is 14.1. The van der Waals surface area contributed by atoms with Gasteiger partial charge in [0.2, 0.25) is 5.91 Å². The van der Waals surface area contributed by atoms with E-state index in [1.165, 1.54) is 11.6 Å². The lowest BCUT2D eigenvalue weighted by atomic mass is 10.1. The van der Waals surface area contributed by atoms with E-state index in [-0.39, 0.29) is 11.7 Å². The van der Waals surface area contributed by atoms with E-state index in [9.17, 15) is 9.18 Å². The highest BCUT2D eigenvalue weighted by atomic mass is 19.1. The number of hydrogen-bond acceptors (Lipinski definition) is 4. The number of aromatic nitrogens is 1. The van der Waals surface area contributed by atoms with Gasteiger partial charge in [-0.15, -0.1) is 0 Å². The van der Waals surface area contributed by atoms with Crippen molar-refractivity contribution in [2.75, 3.05) is 26.2 Å². The van der Waals surface area contributed by atoms with Gasteiger partial charge in [0.25, 0.3) is 0 Å². The third-order valence-corrected chi connectivity index (χ3v) is 5.24. The summed E-state index contributed by atoms with van der Waals surface area (Å²) < 4.78 is 19.6. The average molecular weight is 393 g/mol. The van der Waals surface area contributed by atoms with Gasteiger partial charge in [-0.2, -0.15) is 0 Å². The molecule has 4 rings (SSSR count). The minimum atomic E-state index is -0.311. The number of benzene rings is 1. The fourth-order valence-electron chi connectivity index (χ4n) is 3.61. The largest absolute Gasteiger partial charge is 0.461 e. The first-order valence-electron chi connectivity index (χ1n) is 9.92. The van der Waals surface area contributed by atoms with Crippen LogP contribution in [0.4, 0.5) is 4.39 Å². The van der Waals surface area contributed by atoms with Crippen molar-refractivity contribution >= 4 is 5.91 Å². The summed E-state index contributed by atoms with van der Waals surface area (Å²) in [5, 5.41) is 0. The van der Waals surface area contributed by atoms with Crippen molar-refractivity contribution < 1.29 is 13.6 Å². The Bertz CT molecular complexity index is 950. The van der Waals surface area contributed by atoms with Crippen LogP contribution in [0.15, 0.2) is 65.3 Å². The molecule has 0 bridgehead atoms. The minimum absolute atomic E-state index is 0.134. The normalized spacial score (nSPS) is 14.9. The van der Waals surface area contributed by atoms with Crippen LogP contribution in [0.5, 0.6) is 0 Å². The topological polar surface area (TPSA) is 49.6 Å². The standard InChI is InChI=1S/C23H24FN3O2/c24-21-6-2-1-5-20(21)22-9-7-19(29-22)8-10-23(28)27-14-12-26(13-15-27)17-18-4-3-11-25-16-18/h1-7,9,11,16H,8,10,12-15,17H2. The first kappa shape index (κ1) is 19.3. The number of piperazine rings is 1. The summed E-state index contributed by atoms with van der Waals surface area (Å²) in [6.45, 7) is 4.05. The van der Waals surface area contributed by atoms with Crippen LogP contribution < -0.4 is 0 Å². The molecule has 29 heavy (non-hydrogen) atoms. The van der Waals surface area contributed by atoms with Crippen LogP contribution in [0, 0.1) is 5.82 Å². The summed E-state index contributed by atoms with van der Waals surface area (Å²) in [4.78, 5) is 21.0. The van der Waals surface area contributed by atoms with E-state index < -0.39 is 0 Å². The van der Waals surface area contributed by atoms with E-state index in [1.807, 2.05) is 23.2 Å². The highest BCUT2D eigenvalue weighted by Gasteiger charge is 2.21. The van der Waals surface area contributed by atoms with Crippen LogP contribution in [0.2, 0.25) is 0 Å². The van der Waals surface area contributed by atoms with Gasteiger partial charge in [0, 0.05) is 58.0 Å². The number of carbonyl (C=O) groups is 1. The Hall–Kier alpha value is -2.99. The van der Waals surface area contributed by atoms with Crippen LogP contribution in [-0.2, 0) is 17.8 Å². The van der Waals surface area contributed by atoms with Gasteiger partial charge in [-0.05, 0) is 35.9 Å². The van der Waals surface area contributed by atoms with Crippen LogP contribution in [0.25, 0.3) is 11.3 Å². The molecule has 0 spiro atoms.